The summed E-state index contributed by atoms with van der Waals surface area (Å²) in [5.41, 5.74) is 1.23. The van der Waals surface area contributed by atoms with Crippen LogP contribution in [0.1, 0.15) is 23.7 Å². The van der Waals surface area contributed by atoms with E-state index in [0.717, 1.165) is 5.75 Å². The number of amides is 2. The fourth-order valence-corrected chi connectivity index (χ4v) is 3.78. The smallest absolute Gasteiger partial charge is 0.335 e. The average Bonchev–Trinajstić information content (AvgIpc) is 2.73. The van der Waals surface area contributed by atoms with Crippen molar-refractivity contribution in [3.05, 3.63) is 54.1 Å². The zero-order chi connectivity index (χ0) is 21.7. The van der Waals surface area contributed by atoms with Gasteiger partial charge in [-0.2, -0.15) is 0 Å². The topological polar surface area (TPSA) is 108 Å². The van der Waals surface area contributed by atoms with Crippen molar-refractivity contribution in [3.8, 4) is 5.75 Å². The SMILES string of the molecule is CCOc1ccc(N=C2S[C@@H](C(=O)Nc3ccc(C(=O)O)cc3)CC(=O)N2C)cc1. The monoisotopic (exact) mass is 427 g/mol. The van der Waals surface area contributed by atoms with E-state index in [0.29, 0.717) is 23.1 Å². The number of nitrogens with zero attached hydrogens (tertiary/aromatic N) is 2. The van der Waals surface area contributed by atoms with Gasteiger partial charge in [0.2, 0.25) is 11.8 Å². The van der Waals surface area contributed by atoms with E-state index in [1.165, 1.54) is 40.9 Å². The van der Waals surface area contributed by atoms with Crippen molar-refractivity contribution in [2.24, 2.45) is 4.99 Å². The van der Waals surface area contributed by atoms with E-state index in [4.69, 9.17) is 9.84 Å². The summed E-state index contributed by atoms with van der Waals surface area (Å²) in [6, 6.07) is 13.0. The Kier molecular flexibility index (Phi) is 6.73. The molecule has 0 aliphatic carbocycles. The summed E-state index contributed by atoms with van der Waals surface area (Å²) in [7, 11) is 1.63. The van der Waals surface area contributed by atoms with Gasteiger partial charge in [0.15, 0.2) is 5.17 Å². The van der Waals surface area contributed by atoms with Crippen molar-refractivity contribution >= 4 is 46.1 Å². The zero-order valence-corrected chi connectivity index (χ0v) is 17.3. The van der Waals surface area contributed by atoms with Crippen LogP contribution in [0, 0.1) is 0 Å². The summed E-state index contributed by atoms with van der Waals surface area (Å²) in [6.07, 6.45) is 0.0442. The van der Waals surface area contributed by atoms with Gasteiger partial charge in [0, 0.05) is 19.2 Å². The van der Waals surface area contributed by atoms with Gasteiger partial charge < -0.3 is 15.2 Å². The first-order valence-electron chi connectivity index (χ1n) is 9.26. The number of rotatable bonds is 6. The zero-order valence-electron chi connectivity index (χ0n) is 16.5. The molecular weight excluding hydrogens is 406 g/mol. The van der Waals surface area contributed by atoms with E-state index in [1.807, 2.05) is 6.92 Å². The molecule has 30 heavy (non-hydrogen) atoms. The minimum Gasteiger partial charge on any atom is -0.494 e. The molecule has 2 aromatic rings. The number of carboxylic acid groups (broad SMARTS) is 1. The van der Waals surface area contributed by atoms with E-state index in [9.17, 15) is 14.4 Å². The molecule has 156 valence electrons. The van der Waals surface area contributed by atoms with Crippen LogP contribution < -0.4 is 10.1 Å². The fourth-order valence-electron chi connectivity index (χ4n) is 2.71. The molecule has 0 bridgehead atoms. The van der Waals surface area contributed by atoms with Crippen molar-refractivity contribution in [2.45, 2.75) is 18.6 Å². The number of ether oxygens (including phenoxy) is 1. The lowest BCUT2D eigenvalue weighted by molar-refractivity contribution is -0.128. The van der Waals surface area contributed by atoms with E-state index < -0.39 is 11.2 Å². The number of aromatic carboxylic acids is 1. The maximum absolute atomic E-state index is 12.7. The number of carboxylic acids is 1. The maximum Gasteiger partial charge on any atom is 0.335 e. The van der Waals surface area contributed by atoms with Gasteiger partial charge in [0.05, 0.1) is 17.9 Å². The Bertz CT molecular complexity index is 973. The Morgan fingerprint density at radius 3 is 2.47 bits per heavy atom. The summed E-state index contributed by atoms with van der Waals surface area (Å²) in [5, 5.41) is 11.5. The normalized spacial score (nSPS) is 17.7. The summed E-state index contributed by atoms with van der Waals surface area (Å²) in [6.45, 7) is 2.47. The number of nitrogens with one attached hydrogen (secondary N) is 1. The van der Waals surface area contributed by atoms with Crippen LogP contribution in [0.5, 0.6) is 5.75 Å². The van der Waals surface area contributed by atoms with Crippen LogP contribution in [0.15, 0.2) is 53.5 Å². The molecular formula is C21H21N3O5S. The Hall–Kier alpha value is -3.33. The number of carbonyl (C=O) groups is 3. The maximum atomic E-state index is 12.7. The molecule has 2 aromatic carbocycles. The summed E-state index contributed by atoms with van der Waals surface area (Å²) in [5.74, 6) is -0.864. The van der Waals surface area contributed by atoms with Crippen LogP contribution in [-0.4, -0.2) is 51.9 Å². The number of aliphatic imine (C=N–C) groups is 1. The summed E-state index contributed by atoms with van der Waals surface area (Å²) < 4.78 is 5.41. The molecule has 1 atom stereocenters. The van der Waals surface area contributed by atoms with Gasteiger partial charge in [0.25, 0.3) is 0 Å². The molecule has 0 radical (unpaired) electrons. The Morgan fingerprint density at radius 2 is 1.87 bits per heavy atom. The van der Waals surface area contributed by atoms with Gasteiger partial charge in [-0.25, -0.2) is 9.79 Å². The van der Waals surface area contributed by atoms with Crippen molar-refractivity contribution < 1.29 is 24.2 Å². The molecule has 1 aliphatic heterocycles. The number of thioether (sulfide) groups is 1. The number of benzene rings is 2. The standard InChI is InChI=1S/C21H21N3O5S/c1-3-29-16-10-8-15(9-11-16)23-21-24(2)18(25)12-17(30-21)19(26)22-14-6-4-13(5-7-14)20(27)28/h4-11,17H,3,12H2,1-2H3,(H,22,26)(H,27,28)/t17-/m1/s1. The summed E-state index contributed by atoms with van der Waals surface area (Å²) in [4.78, 5) is 41.9. The quantitative estimate of drug-likeness (QED) is 0.732. The molecule has 0 aromatic heterocycles. The molecule has 8 nitrogen and oxygen atoms in total. The van der Waals surface area contributed by atoms with Crippen molar-refractivity contribution in [1.29, 1.82) is 0 Å². The van der Waals surface area contributed by atoms with E-state index in [2.05, 4.69) is 10.3 Å². The lowest BCUT2D eigenvalue weighted by Crippen LogP contribution is -2.43. The van der Waals surface area contributed by atoms with Gasteiger partial charge in [0.1, 0.15) is 11.0 Å². The van der Waals surface area contributed by atoms with Gasteiger partial charge in [-0.15, -0.1) is 0 Å². The second-order valence-electron chi connectivity index (χ2n) is 6.46. The van der Waals surface area contributed by atoms with E-state index in [-0.39, 0.29) is 23.8 Å². The Labute approximate surface area is 177 Å². The van der Waals surface area contributed by atoms with Crippen LogP contribution in [-0.2, 0) is 9.59 Å². The number of carbonyl (C=O) groups excluding carboxylic acids is 2. The first-order valence-corrected chi connectivity index (χ1v) is 10.1. The molecule has 3 rings (SSSR count). The molecule has 1 aliphatic rings. The van der Waals surface area contributed by atoms with Gasteiger partial charge in [-0.05, 0) is 55.5 Å². The first kappa shape index (κ1) is 21.4. The minimum absolute atomic E-state index is 0.0442. The Balaban J connectivity index is 1.72. The van der Waals surface area contributed by atoms with Crippen LogP contribution in [0.25, 0.3) is 0 Å². The fraction of sp³-hybridized carbons (Fsp3) is 0.238. The van der Waals surface area contributed by atoms with Crippen LogP contribution >= 0.6 is 11.8 Å². The highest BCUT2D eigenvalue weighted by atomic mass is 32.2. The summed E-state index contributed by atoms with van der Waals surface area (Å²) >= 11 is 1.21. The number of hydrogen-bond acceptors (Lipinski definition) is 6. The lowest BCUT2D eigenvalue weighted by Gasteiger charge is -2.28. The van der Waals surface area contributed by atoms with Gasteiger partial charge in [-0.3, -0.25) is 14.5 Å². The first-order chi connectivity index (χ1) is 14.4. The van der Waals surface area contributed by atoms with Crippen LogP contribution in [0.4, 0.5) is 11.4 Å². The molecule has 2 amide bonds. The largest absolute Gasteiger partial charge is 0.494 e. The molecule has 0 spiro atoms. The van der Waals surface area contributed by atoms with Crippen molar-refractivity contribution in [1.82, 2.24) is 4.90 Å². The molecule has 0 saturated carbocycles. The molecule has 2 N–H and O–H groups in total. The van der Waals surface area contributed by atoms with Crippen LogP contribution in [0.2, 0.25) is 0 Å². The molecule has 9 heteroatoms. The molecule has 0 unspecified atom stereocenters. The van der Waals surface area contributed by atoms with E-state index in [1.54, 1.807) is 31.3 Å². The highest BCUT2D eigenvalue weighted by Gasteiger charge is 2.34. The molecule has 1 saturated heterocycles. The highest BCUT2D eigenvalue weighted by Crippen LogP contribution is 2.29. The molecule has 1 fully saturated rings. The Morgan fingerprint density at radius 1 is 1.20 bits per heavy atom. The van der Waals surface area contributed by atoms with Gasteiger partial charge >= 0.3 is 5.97 Å². The van der Waals surface area contributed by atoms with Crippen molar-refractivity contribution in [3.63, 3.8) is 0 Å². The number of amidine groups is 1. The minimum atomic E-state index is -1.04. The van der Waals surface area contributed by atoms with E-state index >= 15 is 0 Å². The lowest BCUT2D eigenvalue weighted by atomic mass is 10.2. The molecule has 1 heterocycles. The number of hydrogen-bond donors (Lipinski definition) is 2. The predicted octanol–water partition coefficient (Wildman–Crippen LogP) is 3.37. The van der Waals surface area contributed by atoms with Gasteiger partial charge in [-0.1, -0.05) is 11.8 Å². The van der Waals surface area contributed by atoms with Crippen LogP contribution in [0.3, 0.4) is 0 Å². The third-order valence-electron chi connectivity index (χ3n) is 4.33. The third kappa shape index (κ3) is 5.18. The average molecular weight is 427 g/mol. The third-order valence-corrected chi connectivity index (χ3v) is 5.57. The second kappa shape index (κ2) is 9.45. The second-order valence-corrected chi connectivity index (χ2v) is 7.63. The number of anilines is 1. The van der Waals surface area contributed by atoms with Crippen molar-refractivity contribution in [2.75, 3.05) is 19.0 Å². The predicted molar refractivity (Wildman–Crippen MR) is 116 cm³/mol. The highest BCUT2D eigenvalue weighted by molar-refractivity contribution is 8.15.